The van der Waals surface area contributed by atoms with Crippen LogP contribution in [-0.4, -0.2) is 53.0 Å². The quantitative estimate of drug-likeness (QED) is 0.432. The van der Waals surface area contributed by atoms with Crippen LogP contribution in [0.5, 0.6) is 11.5 Å². The van der Waals surface area contributed by atoms with Crippen molar-refractivity contribution in [2.75, 3.05) is 32.5 Å². The van der Waals surface area contributed by atoms with Gasteiger partial charge in [0.25, 0.3) is 0 Å². The number of methoxy groups -OCH3 is 1. The van der Waals surface area contributed by atoms with E-state index in [1.165, 1.54) is 0 Å². The fraction of sp³-hybridized carbons (Fsp3) is 0.533. The van der Waals surface area contributed by atoms with Crippen molar-refractivity contribution in [2.45, 2.75) is 20.0 Å². The maximum absolute atomic E-state index is 10.9. The zero-order valence-electron chi connectivity index (χ0n) is 14.3. The van der Waals surface area contributed by atoms with Crippen molar-refractivity contribution in [3.8, 4) is 11.5 Å². The highest BCUT2D eigenvalue weighted by Crippen LogP contribution is 2.19. The summed E-state index contributed by atoms with van der Waals surface area (Å²) in [5.41, 5.74) is 0. The number of hydrogen-bond acceptors (Lipinski definition) is 5. The molecule has 0 fully saturated rings. The van der Waals surface area contributed by atoms with Gasteiger partial charge >= 0.3 is 0 Å². The van der Waals surface area contributed by atoms with E-state index in [0.717, 1.165) is 5.75 Å². The number of sulfonamides is 1. The molecule has 8 nitrogen and oxygen atoms in total. The summed E-state index contributed by atoms with van der Waals surface area (Å²) >= 11 is 0. The van der Waals surface area contributed by atoms with Gasteiger partial charge in [0.2, 0.25) is 10.0 Å². The summed E-state index contributed by atoms with van der Waals surface area (Å²) in [5.74, 6) is 1.78. The monoisotopic (exact) mass is 358 g/mol. The van der Waals surface area contributed by atoms with E-state index in [1.807, 2.05) is 32.0 Å². The first-order valence-electron chi connectivity index (χ1n) is 7.67. The van der Waals surface area contributed by atoms with Crippen LogP contribution in [0, 0.1) is 0 Å². The number of nitrogens with one attached hydrogen (secondary N) is 2. The molecular formula is C15H26N4O4S. The average molecular weight is 358 g/mol. The minimum Gasteiger partial charge on any atom is -0.497 e. The van der Waals surface area contributed by atoms with Gasteiger partial charge in [-0.15, -0.1) is 0 Å². The summed E-state index contributed by atoms with van der Waals surface area (Å²) in [5, 5.41) is 10.9. The zero-order valence-corrected chi connectivity index (χ0v) is 15.1. The van der Waals surface area contributed by atoms with Crippen molar-refractivity contribution in [3.05, 3.63) is 24.3 Å². The molecule has 0 saturated carbocycles. The van der Waals surface area contributed by atoms with Crippen molar-refractivity contribution >= 4 is 16.0 Å². The molecule has 9 heteroatoms. The molecule has 1 aromatic rings. The Morgan fingerprint density at radius 2 is 2.04 bits per heavy atom. The van der Waals surface area contributed by atoms with E-state index in [0.29, 0.717) is 24.8 Å². The van der Waals surface area contributed by atoms with E-state index in [9.17, 15) is 8.42 Å². The lowest BCUT2D eigenvalue weighted by Crippen LogP contribution is -2.40. The van der Waals surface area contributed by atoms with Crippen molar-refractivity contribution in [2.24, 2.45) is 10.1 Å². The number of guanidine groups is 1. The van der Waals surface area contributed by atoms with Gasteiger partial charge in [0, 0.05) is 19.2 Å². The molecule has 1 rings (SSSR count). The number of benzene rings is 1. The first kappa shape index (κ1) is 20.0. The normalized spacial score (nSPS) is 13.2. The highest BCUT2D eigenvalue weighted by molar-refractivity contribution is 7.89. The molecule has 0 spiro atoms. The lowest BCUT2D eigenvalue weighted by molar-refractivity contribution is 0.229. The van der Waals surface area contributed by atoms with Gasteiger partial charge in [-0.3, -0.25) is 0 Å². The first-order valence-corrected chi connectivity index (χ1v) is 9.39. The molecule has 0 heterocycles. The van der Waals surface area contributed by atoms with E-state index in [-0.39, 0.29) is 18.4 Å². The molecule has 0 aromatic heterocycles. The summed E-state index contributed by atoms with van der Waals surface area (Å²) in [6.07, 6.45) is -0.161. The van der Waals surface area contributed by atoms with Crippen LogP contribution in [0.4, 0.5) is 0 Å². The van der Waals surface area contributed by atoms with Crippen LogP contribution in [0.25, 0.3) is 0 Å². The second kappa shape index (κ2) is 9.99. The largest absolute Gasteiger partial charge is 0.497 e. The van der Waals surface area contributed by atoms with Gasteiger partial charge in [0.15, 0.2) is 5.96 Å². The second-order valence-corrected chi connectivity index (χ2v) is 6.85. The van der Waals surface area contributed by atoms with E-state index in [1.54, 1.807) is 13.2 Å². The lowest BCUT2D eigenvalue weighted by atomic mass is 10.3. The molecule has 4 N–H and O–H groups in total. The Bertz CT molecular complexity index is 634. The molecule has 24 heavy (non-hydrogen) atoms. The molecule has 0 aliphatic rings. The van der Waals surface area contributed by atoms with E-state index < -0.39 is 10.0 Å². The summed E-state index contributed by atoms with van der Waals surface area (Å²) in [4.78, 5) is 4.37. The summed E-state index contributed by atoms with van der Waals surface area (Å²) in [6, 6.07) is 7.34. The van der Waals surface area contributed by atoms with Gasteiger partial charge in [-0.05, 0) is 26.0 Å². The standard InChI is InChI=1S/C15H26N4O4S/c1-4-17-15(18-8-9-24(16,20)21)19-11-12(2)23-14-7-5-6-13(10-14)22-3/h5-7,10,12H,4,8-9,11H2,1-3H3,(H2,16,20,21)(H2,17,18,19). The third-order valence-corrected chi connectivity index (χ3v) is 3.68. The number of rotatable bonds is 9. The molecular weight excluding hydrogens is 332 g/mol. The Labute approximate surface area is 143 Å². The van der Waals surface area contributed by atoms with Crippen molar-refractivity contribution in [1.82, 2.24) is 10.6 Å². The number of hydrogen-bond donors (Lipinski definition) is 3. The summed E-state index contributed by atoms with van der Waals surface area (Å²) < 4.78 is 32.8. The Morgan fingerprint density at radius 3 is 2.67 bits per heavy atom. The summed E-state index contributed by atoms with van der Waals surface area (Å²) in [7, 11) is -1.90. The van der Waals surface area contributed by atoms with Crippen LogP contribution in [0.15, 0.2) is 29.3 Å². The molecule has 0 amide bonds. The molecule has 0 aliphatic heterocycles. The van der Waals surface area contributed by atoms with Crippen LogP contribution in [0.3, 0.4) is 0 Å². The number of aliphatic imine (C=N–C) groups is 1. The number of ether oxygens (including phenoxy) is 2. The van der Waals surface area contributed by atoms with Gasteiger partial charge in [-0.2, -0.15) is 0 Å². The van der Waals surface area contributed by atoms with E-state index in [4.69, 9.17) is 14.6 Å². The van der Waals surface area contributed by atoms with E-state index >= 15 is 0 Å². The smallest absolute Gasteiger partial charge is 0.210 e. The third kappa shape index (κ3) is 8.59. The van der Waals surface area contributed by atoms with Gasteiger partial charge in [0.1, 0.15) is 17.6 Å². The molecule has 0 bridgehead atoms. The average Bonchev–Trinajstić information content (AvgIpc) is 2.51. The molecule has 0 saturated heterocycles. The third-order valence-electron chi connectivity index (χ3n) is 2.91. The van der Waals surface area contributed by atoms with Crippen molar-refractivity contribution in [1.29, 1.82) is 0 Å². The topological polar surface area (TPSA) is 115 Å². The molecule has 1 unspecified atom stereocenters. The predicted molar refractivity (Wildman–Crippen MR) is 95.0 cm³/mol. The predicted octanol–water partition coefficient (Wildman–Crippen LogP) is 0.306. The minimum atomic E-state index is -3.50. The lowest BCUT2D eigenvalue weighted by Gasteiger charge is -2.15. The van der Waals surface area contributed by atoms with Gasteiger partial charge < -0.3 is 20.1 Å². The minimum absolute atomic E-state index is 0.159. The van der Waals surface area contributed by atoms with Crippen LogP contribution in [0.2, 0.25) is 0 Å². The highest BCUT2D eigenvalue weighted by atomic mass is 32.2. The molecule has 0 aliphatic carbocycles. The van der Waals surface area contributed by atoms with Gasteiger partial charge in [-0.1, -0.05) is 6.07 Å². The highest BCUT2D eigenvalue weighted by Gasteiger charge is 2.07. The first-order chi connectivity index (χ1) is 11.3. The molecule has 0 radical (unpaired) electrons. The Balaban J connectivity index is 2.54. The van der Waals surface area contributed by atoms with Gasteiger partial charge in [0.05, 0.1) is 19.4 Å². The molecule has 1 aromatic carbocycles. The zero-order chi connectivity index (χ0) is 18.0. The Morgan fingerprint density at radius 1 is 1.33 bits per heavy atom. The number of primary sulfonamides is 1. The number of nitrogens with zero attached hydrogens (tertiary/aromatic N) is 1. The maximum Gasteiger partial charge on any atom is 0.210 e. The van der Waals surface area contributed by atoms with Crippen LogP contribution >= 0.6 is 0 Å². The summed E-state index contributed by atoms with van der Waals surface area (Å²) in [6.45, 7) is 5.08. The molecule has 136 valence electrons. The van der Waals surface area contributed by atoms with E-state index in [2.05, 4.69) is 15.6 Å². The van der Waals surface area contributed by atoms with Crippen molar-refractivity contribution < 1.29 is 17.9 Å². The van der Waals surface area contributed by atoms with Crippen molar-refractivity contribution in [3.63, 3.8) is 0 Å². The fourth-order valence-corrected chi connectivity index (χ4v) is 2.20. The second-order valence-electron chi connectivity index (χ2n) is 5.12. The van der Waals surface area contributed by atoms with Crippen LogP contribution in [0.1, 0.15) is 13.8 Å². The van der Waals surface area contributed by atoms with Gasteiger partial charge in [-0.25, -0.2) is 18.5 Å². The maximum atomic E-state index is 10.9. The Kier molecular flexibility index (Phi) is 8.34. The molecule has 1 atom stereocenters. The van der Waals surface area contributed by atoms with Crippen LogP contribution < -0.4 is 25.2 Å². The Hall–Kier alpha value is -2.00. The SMILES string of the molecule is CCNC(=NCC(C)Oc1cccc(OC)c1)NCCS(N)(=O)=O. The number of nitrogens with two attached hydrogens (primary N) is 1. The fourth-order valence-electron chi connectivity index (χ4n) is 1.82. The van der Waals surface area contributed by atoms with Crippen LogP contribution in [-0.2, 0) is 10.0 Å².